The summed E-state index contributed by atoms with van der Waals surface area (Å²) in [6.45, 7) is 0. The van der Waals surface area contributed by atoms with E-state index in [4.69, 9.17) is 34.8 Å². The fraction of sp³-hybridized carbons (Fsp3) is 0. The summed E-state index contributed by atoms with van der Waals surface area (Å²) in [4.78, 5) is 12.5. The van der Waals surface area contributed by atoms with E-state index in [1.807, 2.05) is 0 Å². The Kier molecular flexibility index (Phi) is 6.03. The molecule has 2 aromatic rings. The molecule has 2 rings (SSSR count). The van der Waals surface area contributed by atoms with E-state index in [2.05, 4.69) is 5.32 Å². The zero-order valence-electron chi connectivity index (χ0n) is 11.1. The molecule has 0 saturated heterocycles. The molecule has 0 unspecified atom stereocenters. The van der Waals surface area contributed by atoms with Crippen molar-refractivity contribution in [1.82, 2.24) is 0 Å². The summed E-state index contributed by atoms with van der Waals surface area (Å²) < 4.78 is 12.0. The molecule has 1 atom stereocenters. The number of carbonyl (C=O) groups excluding carboxylic acids is 1. The van der Waals surface area contributed by atoms with Gasteiger partial charge in [-0.05, 0) is 24.3 Å². The van der Waals surface area contributed by atoms with Gasteiger partial charge in [-0.2, -0.15) is 0 Å². The molecule has 7 heteroatoms. The number of hydrogen-bond acceptors (Lipinski definition) is 2. The van der Waals surface area contributed by atoms with Crippen LogP contribution in [0.4, 0.5) is 5.69 Å². The predicted octanol–water partition coefficient (Wildman–Crippen LogP) is 4.73. The summed E-state index contributed by atoms with van der Waals surface area (Å²) in [5.41, 5.74) is 0.391. The van der Waals surface area contributed by atoms with Crippen molar-refractivity contribution >= 4 is 57.2 Å². The lowest BCUT2D eigenvalue weighted by molar-refractivity contribution is -0.112. The molecule has 0 spiro atoms. The van der Waals surface area contributed by atoms with Gasteiger partial charge in [0, 0.05) is 4.90 Å². The molecule has 0 aliphatic rings. The molecule has 1 amide bonds. The van der Waals surface area contributed by atoms with Crippen molar-refractivity contribution in [2.24, 2.45) is 0 Å². The Bertz CT molecular complexity index is 747. The first kappa shape index (κ1) is 17.0. The van der Waals surface area contributed by atoms with Gasteiger partial charge in [-0.3, -0.25) is 4.79 Å². The third-order valence-corrected chi connectivity index (χ3v) is 5.35. The van der Waals surface area contributed by atoms with Crippen LogP contribution in [0.2, 0.25) is 5.02 Å². The van der Waals surface area contributed by atoms with Crippen molar-refractivity contribution in [3.05, 3.63) is 69.0 Å². The van der Waals surface area contributed by atoms with Gasteiger partial charge in [-0.25, -0.2) is 4.21 Å². The Morgan fingerprint density at radius 2 is 1.55 bits per heavy atom. The number of rotatable bonds is 4. The maximum absolute atomic E-state index is 12.2. The van der Waals surface area contributed by atoms with E-state index < -0.39 is 16.7 Å². The molecule has 22 heavy (non-hydrogen) atoms. The standard InChI is InChI=1S/C15H10Cl3NO2S/c16-11-8-4-5-9-12(11)19-15(20)13(17)14(18)22(21)10-6-2-1-3-7-10/h1-9H,(H,19,20)/b14-13-/t22-/m1/s1. The zero-order chi connectivity index (χ0) is 16.1. The molecule has 0 radical (unpaired) electrons. The molecule has 0 aromatic heterocycles. The van der Waals surface area contributed by atoms with E-state index in [1.54, 1.807) is 54.6 Å². The molecule has 2 aromatic carbocycles. The minimum Gasteiger partial charge on any atom is -0.320 e. The Morgan fingerprint density at radius 3 is 2.18 bits per heavy atom. The molecule has 3 nitrogen and oxygen atoms in total. The molecular formula is C15H10Cl3NO2S. The molecule has 114 valence electrons. The summed E-state index contributed by atoms with van der Waals surface area (Å²) >= 11 is 17.8. The molecule has 0 aliphatic heterocycles. The van der Waals surface area contributed by atoms with Crippen molar-refractivity contribution in [1.29, 1.82) is 0 Å². The maximum atomic E-state index is 12.2. The second-order valence-corrected chi connectivity index (χ2v) is 6.91. The number of nitrogens with one attached hydrogen (secondary N) is 1. The predicted molar refractivity (Wildman–Crippen MR) is 91.7 cm³/mol. The van der Waals surface area contributed by atoms with Crippen molar-refractivity contribution in [2.75, 3.05) is 5.32 Å². The van der Waals surface area contributed by atoms with Crippen molar-refractivity contribution < 1.29 is 9.00 Å². The van der Waals surface area contributed by atoms with Gasteiger partial charge in [0.05, 0.1) is 21.5 Å². The molecule has 0 bridgehead atoms. The number of carbonyl (C=O) groups is 1. The highest BCUT2D eigenvalue weighted by atomic mass is 35.5. The van der Waals surface area contributed by atoms with Gasteiger partial charge in [0.2, 0.25) is 0 Å². The van der Waals surface area contributed by atoms with Gasteiger partial charge >= 0.3 is 0 Å². The third-order valence-electron chi connectivity index (χ3n) is 2.61. The second-order valence-electron chi connectivity index (χ2n) is 4.10. The molecule has 1 N–H and O–H groups in total. The van der Waals surface area contributed by atoms with Gasteiger partial charge in [0.1, 0.15) is 9.40 Å². The summed E-state index contributed by atoms with van der Waals surface area (Å²) in [5.74, 6) is -0.677. The van der Waals surface area contributed by atoms with Crippen molar-refractivity contribution in [3.63, 3.8) is 0 Å². The largest absolute Gasteiger partial charge is 0.320 e. The van der Waals surface area contributed by atoms with Crippen LogP contribution in [0.1, 0.15) is 0 Å². The van der Waals surface area contributed by atoms with Crippen LogP contribution in [-0.2, 0) is 15.6 Å². The van der Waals surface area contributed by atoms with Gasteiger partial charge in [-0.1, -0.05) is 65.1 Å². The fourth-order valence-electron chi connectivity index (χ4n) is 1.56. The lowest BCUT2D eigenvalue weighted by Crippen LogP contribution is -2.13. The van der Waals surface area contributed by atoms with Gasteiger partial charge in [-0.15, -0.1) is 0 Å². The summed E-state index contributed by atoms with van der Waals surface area (Å²) in [5, 5.41) is 2.54. The number of benzene rings is 2. The monoisotopic (exact) mass is 373 g/mol. The third kappa shape index (κ3) is 4.11. The van der Waals surface area contributed by atoms with Crippen LogP contribution >= 0.6 is 34.8 Å². The Hall–Kier alpha value is -1.33. The minimum absolute atomic E-state index is 0.238. The van der Waals surface area contributed by atoms with E-state index in [1.165, 1.54) is 0 Å². The van der Waals surface area contributed by atoms with E-state index in [9.17, 15) is 9.00 Å². The van der Waals surface area contributed by atoms with Crippen LogP contribution in [-0.4, -0.2) is 10.1 Å². The molecule has 0 saturated carbocycles. The maximum Gasteiger partial charge on any atom is 0.269 e. The summed E-state index contributed by atoms with van der Waals surface area (Å²) in [6, 6.07) is 15.2. The first-order chi connectivity index (χ1) is 10.5. The van der Waals surface area contributed by atoms with Crippen molar-refractivity contribution in [3.8, 4) is 0 Å². The van der Waals surface area contributed by atoms with Gasteiger partial charge in [0.25, 0.3) is 5.91 Å². The molecule has 0 fully saturated rings. The first-order valence-corrected chi connectivity index (χ1v) is 8.37. The quantitative estimate of drug-likeness (QED) is 0.786. The smallest absolute Gasteiger partial charge is 0.269 e. The molecular weight excluding hydrogens is 365 g/mol. The van der Waals surface area contributed by atoms with Crippen LogP contribution in [0.3, 0.4) is 0 Å². The summed E-state index contributed by atoms with van der Waals surface area (Å²) in [6.07, 6.45) is 0. The Labute approximate surface area is 145 Å². The van der Waals surface area contributed by atoms with Crippen LogP contribution in [0.5, 0.6) is 0 Å². The van der Waals surface area contributed by atoms with E-state index in [0.29, 0.717) is 15.6 Å². The highest BCUT2D eigenvalue weighted by Crippen LogP contribution is 2.26. The summed E-state index contributed by atoms with van der Waals surface area (Å²) in [7, 11) is -1.72. The van der Waals surface area contributed by atoms with E-state index in [-0.39, 0.29) is 9.40 Å². The first-order valence-electron chi connectivity index (χ1n) is 6.08. The fourth-order valence-corrected chi connectivity index (χ4v) is 3.22. The Morgan fingerprint density at radius 1 is 0.955 bits per heavy atom. The van der Waals surface area contributed by atoms with E-state index in [0.717, 1.165) is 0 Å². The lowest BCUT2D eigenvalue weighted by Gasteiger charge is -2.07. The van der Waals surface area contributed by atoms with Crippen LogP contribution in [0.15, 0.2) is 68.9 Å². The number of hydrogen-bond donors (Lipinski definition) is 1. The zero-order valence-corrected chi connectivity index (χ0v) is 14.1. The topological polar surface area (TPSA) is 46.2 Å². The van der Waals surface area contributed by atoms with Crippen LogP contribution in [0.25, 0.3) is 0 Å². The van der Waals surface area contributed by atoms with E-state index >= 15 is 0 Å². The SMILES string of the molecule is O=C(Nc1ccccc1Cl)/C(Cl)=C(\Cl)[S@](=O)c1ccccc1. The highest BCUT2D eigenvalue weighted by Gasteiger charge is 2.18. The van der Waals surface area contributed by atoms with Crippen molar-refractivity contribution in [2.45, 2.75) is 4.90 Å². The normalized spacial score (nSPS) is 13.2. The average molecular weight is 375 g/mol. The number of para-hydroxylation sites is 1. The Balaban J connectivity index is 2.22. The highest BCUT2D eigenvalue weighted by molar-refractivity contribution is 7.91. The number of halogens is 3. The van der Waals surface area contributed by atoms with Crippen LogP contribution in [0, 0.1) is 0 Å². The molecule has 0 heterocycles. The second kappa shape index (κ2) is 7.79. The van der Waals surface area contributed by atoms with Gasteiger partial charge < -0.3 is 5.32 Å². The molecule has 0 aliphatic carbocycles. The lowest BCUT2D eigenvalue weighted by atomic mass is 10.3. The minimum atomic E-state index is -1.72. The number of amides is 1. The van der Waals surface area contributed by atoms with Gasteiger partial charge in [0.15, 0.2) is 0 Å². The number of anilines is 1. The van der Waals surface area contributed by atoms with Crippen LogP contribution < -0.4 is 5.32 Å². The average Bonchev–Trinajstić information content (AvgIpc) is 2.55.